The monoisotopic (exact) mass is 255 g/mol. The van der Waals surface area contributed by atoms with Gasteiger partial charge in [0.25, 0.3) is 5.88 Å². The molecule has 0 saturated carbocycles. The Morgan fingerprint density at radius 1 is 1.50 bits per heavy atom. The summed E-state index contributed by atoms with van der Waals surface area (Å²) in [5, 5.41) is 13.8. The molecule has 1 N–H and O–H groups in total. The zero-order valence-electron chi connectivity index (χ0n) is 10.7. The van der Waals surface area contributed by atoms with Gasteiger partial charge in [0.15, 0.2) is 0 Å². The molecular weight excluding hydrogens is 238 g/mol. The van der Waals surface area contributed by atoms with E-state index in [0.29, 0.717) is 19.7 Å². The van der Waals surface area contributed by atoms with Gasteiger partial charge in [-0.3, -0.25) is 10.1 Å². The standard InChI is InChI=1S/C10H17N5O3/c1-4-11-9-8(15(16)17)10(13-7-12-9)18-6-5-14(2)3/h7H,4-6H2,1-3H3,(H,11,12,13). The second-order valence-electron chi connectivity index (χ2n) is 3.82. The second-order valence-corrected chi connectivity index (χ2v) is 3.82. The summed E-state index contributed by atoms with van der Waals surface area (Å²) < 4.78 is 5.32. The third-order valence-corrected chi connectivity index (χ3v) is 2.09. The second kappa shape index (κ2) is 6.70. The summed E-state index contributed by atoms with van der Waals surface area (Å²) in [6, 6.07) is 0. The zero-order chi connectivity index (χ0) is 13.5. The molecule has 1 rings (SSSR count). The van der Waals surface area contributed by atoms with Gasteiger partial charge in [-0.05, 0) is 21.0 Å². The molecule has 8 heteroatoms. The molecule has 18 heavy (non-hydrogen) atoms. The van der Waals surface area contributed by atoms with Crippen molar-refractivity contribution in [3.8, 4) is 5.88 Å². The first-order chi connectivity index (χ1) is 8.56. The molecule has 0 aromatic carbocycles. The Morgan fingerprint density at radius 3 is 2.78 bits per heavy atom. The molecule has 0 unspecified atom stereocenters. The predicted octanol–water partition coefficient (Wildman–Crippen LogP) is 0.757. The molecule has 0 aliphatic rings. The van der Waals surface area contributed by atoms with Gasteiger partial charge in [0.1, 0.15) is 12.9 Å². The van der Waals surface area contributed by atoms with Crippen molar-refractivity contribution in [3.05, 3.63) is 16.4 Å². The predicted molar refractivity (Wildman–Crippen MR) is 66.9 cm³/mol. The van der Waals surface area contributed by atoms with Crippen LogP contribution in [0.1, 0.15) is 6.92 Å². The van der Waals surface area contributed by atoms with Gasteiger partial charge in [-0.2, -0.15) is 4.98 Å². The van der Waals surface area contributed by atoms with Gasteiger partial charge in [0.2, 0.25) is 5.82 Å². The number of hydrogen-bond donors (Lipinski definition) is 1. The van der Waals surface area contributed by atoms with Crippen molar-refractivity contribution in [3.63, 3.8) is 0 Å². The fourth-order valence-corrected chi connectivity index (χ4v) is 1.25. The Hall–Kier alpha value is -1.96. The van der Waals surface area contributed by atoms with E-state index in [1.165, 1.54) is 6.33 Å². The van der Waals surface area contributed by atoms with Crippen LogP contribution in [0.15, 0.2) is 6.33 Å². The highest BCUT2D eigenvalue weighted by molar-refractivity contribution is 5.60. The number of aromatic nitrogens is 2. The first-order valence-electron chi connectivity index (χ1n) is 5.57. The summed E-state index contributed by atoms with van der Waals surface area (Å²) in [7, 11) is 3.78. The third kappa shape index (κ3) is 3.81. The molecule has 1 heterocycles. The van der Waals surface area contributed by atoms with Crippen LogP contribution in [-0.2, 0) is 0 Å². The van der Waals surface area contributed by atoms with Crippen molar-refractivity contribution in [1.29, 1.82) is 0 Å². The molecule has 1 aromatic heterocycles. The van der Waals surface area contributed by atoms with Crippen molar-refractivity contribution in [2.75, 3.05) is 39.1 Å². The molecule has 0 bridgehead atoms. The van der Waals surface area contributed by atoms with Gasteiger partial charge >= 0.3 is 5.69 Å². The van der Waals surface area contributed by atoms with E-state index in [2.05, 4.69) is 15.3 Å². The maximum absolute atomic E-state index is 11.0. The SMILES string of the molecule is CCNc1ncnc(OCCN(C)C)c1[N+](=O)[O-]. The van der Waals surface area contributed by atoms with Gasteiger partial charge < -0.3 is 15.0 Å². The minimum Gasteiger partial charge on any atom is -0.471 e. The first-order valence-corrected chi connectivity index (χ1v) is 5.57. The van der Waals surface area contributed by atoms with E-state index in [1.54, 1.807) is 0 Å². The maximum atomic E-state index is 11.0. The number of likely N-dealkylation sites (N-methyl/N-ethyl adjacent to an activating group) is 1. The molecule has 0 fully saturated rings. The number of ether oxygens (including phenoxy) is 1. The largest absolute Gasteiger partial charge is 0.471 e. The summed E-state index contributed by atoms with van der Waals surface area (Å²) in [6.45, 7) is 3.35. The Kier molecular flexibility index (Phi) is 5.25. The van der Waals surface area contributed by atoms with Crippen LogP contribution in [0.2, 0.25) is 0 Å². The highest BCUT2D eigenvalue weighted by Crippen LogP contribution is 2.30. The molecule has 0 saturated heterocycles. The van der Waals surface area contributed by atoms with Crippen LogP contribution in [-0.4, -0.2) is 53.6 Å². The highest BCUT2D eigenvalue weighted by atomic mass is 16.6. The number of anilines is 1. The third-order valence-electron chi connectivity index (χ3n) is 2.09. The molecule has 8 nitrogen and oxygen atoms in total. The van der Waals surface area contributed by atoms with Crippen LogP contribution in [0, 0.1) is 10.1 Å². The summed E-state index contributed by atoms with van der Waals surface area (Å²) >= 11 is 0. The molecule has 0 aliphatic carbocycles. The summed E-state index contributed by atoms with van der Waals surface area (Å²) in [5.41, 5.74) is -0.224. The minimum absolute atomic E-state index is 0.00667. The van der Waals surface area contributed by atoms with Crippen LogP contribution in [0.3, 0.4) is 0 Å². The maximum Gasteiger partial charge on any atom is 0.372 e. The van der Waals surface area contributed by atoms with Gasteiger partial charge in [0.05, 0.1) is 4.92 Å². The van der Waals surface area contributed by atoms with Crippen molar-refractivity contribution >= 4 is 11.5 Å². The fourth-order valence-electron chi connectivity index (χ4n) is 1.25. The van der Waals surface area contributed by atoms with Crippen LogP contribution in [0.25, 0.3) is 0 Å². The number of nitro groups is 1. The lowest BCUT2D eigenvalue weighted by molar-refractivity contribution is -0.385. The van der Waals surface area contributed by atoms with Crippen molar-refractivity contribution < 1.29 is 9.66 Å². The number of nitrogens with one attached hydrogen (secondary N) is 1. The van der Waals surface area contributed by atoms with E-state index >= 15 is 0 Å². The summed E-state index contributed by atoms with van der Waals surface area (Å²) in [4.78, 5) is 20.0. The molecule has 0 amide bonds. The fraction of sp³-hybridized carbons (Fsp3) is 0.600. The van der Waals surface area contributed by atoms with E-state index in [-0.39, 0.29) is 17.4 Å². The lowest BCUT2D eigenvalue weighted by Gasteiger charge is -2.11. The molecule has 0 aliphatic heterocycles. The molecule has 0 spiro atoms. The average molecular weight is 255 g/mol. The van der Waals surface area contributed by atoms with Crippen LogP contribution in [0.4, 0.5) is 11.5 Å². The Labute approximate surface area is 105 Å². The Morgan fingerprint density at radius 2 is 2.22 bits per heavy atom. The van der Waals surface area contributed by atoms with Gasteiger partial charge in [-0.25, -0.2) is 4.98 Å². The smallest absolute Gasteiger partial charge is 0.372 e. The minimum atomic E-state index is -0.539. The molecule has 100 valence electrons. The summed E-state index contributed by atoms with van der Waals surface area (Å²) in [6.07, 6.45) is 1.25. The lowest BCUT2D eigenvalue weighted by atomic mass is 10.4. The van der Waals surface area contributed by atoms with E-state index in [1.807, 2.05) is 25.9 Å². The lowest BCUT2D eigenvalue weighted by Crippen LogP contribution is -2.20. The normalized spacial score (nSPS) is 10.4. The first kappa shape index (κ1) is 14.1. The van der Waals surface area contributed by atoms with Gasteiger partial charge in [-0.15, -0.1) is 0 Å². The molecule has 0 radical (unpaired) electrons. The Bertz CT molecular complexity index is 410. The number of hydrogen-bond acceptors (Lipinski definition) is 7. The topological polar surface area (TPSA) is 93.4 Å². The van der Waals surface area contributed by atoms with Crippen molar-refractivity contribution in [1.82, 2.24) is 14.9 Å². The van der Waals surface area contributed by atoms with Crippen LogP contribution >= 0.6 is 0 Å². The molecular formula is C10H17N5O3. The number of nitrogens with zero attached hydrogens (tertiary/aromatic N) is 4. The zero-order valence-corrected chi connectivity index (χ0v) is 10.7. The van der Waals surface area contributed by atoms with Crippen molar-refractivity contribution in [2.24, 2.45) is 0 Å². The van der Waals surface area contributed by atoms with E-state index in [0.717, 1.165) is 0 Å². The van der Waals surface area contributed by atoms with Crippen LogP contribution < -0.4 is 10.1 Å². The average Bonchev–Trinajstić information content (AvgIpc) is 2.28. The van der Waals surface area contributed by atoms with E-state index in [4.69, 9.17) is 4.74 Å². The molecule has 1 aromatic rings. The van der Waals surface area contributed by atoms with E-state index < -0.39 is 4.92 Å². The van der Waals surface area contributed by atoms with Crippen LogP contribution in [0.5, 0.6) is 5.88 Å². The highest BCUT2D eigenvalue weighted by Gasteiger charge is 2.23. The Balaban J connectivity index is 2.88. The number of rotatable bonds is 7. The van der Waals surface area contributed by atoms with E-state index in [9.17, 15) is 10.1 Å². The summed E-state index contributed by atoms with van der Waals surface area (Å²) in [5.74, 6) is 0.171. The van der Waals surface area contributed by atoms with Gasteiger partial charge in [-0.1, -0.05) is 0 Å². The quantitative estimate of drug-likeness (QED) is 0.567. The van der Waals surface area contributed by atoms with Crippen molar-refractivity contribution in [2.45, 2.75) is 6.92 Å². The van der Waals surface area contributed by atoms with Gasteiger partial charge in [0, 0.05) is 13.1 Å². The molecule has 0 atom stereocenters.